The molecule has 0 spiro atoms. The van der Waals surface area contributed by atoms with Crippen LogP contribution in [0.15, 0.2) is 24.3 Å². The average molecular weight is 357 g/mol. The number of hydrogen-bond donors (Lipinski definition) is 1. The summed E-state index contributed by atoms with van der Waals surface area (Å²) in [6.07, 6.45) is 4.50. The Morgan fingerprint density at radius 3 is 2.23 bits per heavy atom. The first-order valence-corrected chi connectivity index (χ1v) is 9.79. The van der Waals surface area contributed by atoms with Crippen molar-refractivity contribution in [3.8, 4) is 0 Å². The third-order valence-corrected chi connectivity index (χ3v) is 5.49. The number of nitrogens with one attached hydrogen (secondary N) is 1. The highest BCUT2D eigenvalue weighted by molar-refractivity contribution is 5.82. The van der Waals surface area contributed by atoms with Crippen molar-refractivity contribution in [3.63, 3.8) is 0 Å². The lowest BCUT2D eigenvalue weighted by molar-refractivity contribution is -0.136. The maximum Gasteiger partial charge on any atom is 0.225 e. The number of piperidine rings is 1. The second-order valence-corrected chi connectivity index (χ2v) is 8.05. The fraction of sp³-hybridized carbons (Fsp3) is 0.619. The van der Waals surface area contributed by atoms with E-state index in [0.29, 0.717) is 5.91 Å². The molecule has 1 heterocycles. The van der Waals surface area contributed by atoms with E-state index in [9.17, 15) is 9.59 Å². The number of rotatable bonds is 6. The Hall–Kier alpha value is -2.04. The van der Waals surface area contributed by atoms with Crippen LogP contribution in [0.1, 0.15) is 38.2 Å². The molecule has 2 aliphatic rings. The Morgan fingerprint density at radius 1 is 1.08 bits per heavy atom. The summed E-state index contributed by atoms with van der Waals surface area (Å²) in [6.45, 7) is 3.52. The minimum atomic E-state index is 0.0387. The van der Waals surface area contributed by atoms with Crippen molar-refractivity contribution in [1.29, 1.82) is 0 Å². The van der Waals surface area contributed by atoms with Gasteiger partial charge in [-0.05, 0) is 56.7 Å². The van der Waals surface area contributed by atoms with Crippen LogP contribution in [-0.4, -0.2) is 49.9 Å². The highest BCUT2D eigenvalue weighted by Gasteiger charge is 2.36. The smallest absolute Gasteiger partial charge is 0.225 e. The largest absolute Gasteiger partial charge is 0.378 e. The number of likely N-dealkylation sites (tertiary alicyclic amines) is 1. The third kappa shape index (κ3) is 4.77. The van der Waals surface area contributed by atoms with Crippen LogP contribution in [-0.2, 0) is 16.0 Å². The molecule has 1 N–H and O–H groups in total. The molecule has 3 rings (SSSR count). The molecule has 1 aromatic rings. The quantitative estimate of drug-likeness (QED) is 0.851. The number of carbonyl (C=O) groups excluding carboxylic acids is 2. The van der Waals surface area contributed by atoms with Crippen molar-refractivity contribution in [2.45, 2.75) is 45.1 Å². The molecule has 0 bridgehead atoms. The van der Waals surface area contributed by atoms with Gasteiger partial charge >= 0.3 is 0 Å². The van der Waals surface area contributed by atoms with Gasteiger partial charge in [0.1, 0.15) is 0 Å². The van der Waals surface area contributed by atoms with Crippen molar-refractivity contribution in [1.82, 2.24) is 10.2 Å². The summed E-state index contributed by atoms with van der Waals surface area (Å²) in [6, 6.07) is 8.58. The van der Waals surface area contributed by atoms with E-state index in [-0.39, 0.29) is 23.8 Å². The number of hydrogen-bond acceptors (Lipinski definition) is 3. The molecule has 0 unspecified atom stereocenters. The molecule has 5 heteroatoms. The maximum atomic E-state index is 12.5. The number of carbonyl (C=O) groups is 2. The molecule has 0 aromatic heterocycles. The predicted octanol–water partition coefficient (Wildman–Crippen LogP) is 2.45. The van der Waals surface area contributed by atoms with Gasteiger partial charge in [-0.2, -0.15) is 0 Å². The number of amides is 2. The van der Waals surface area contributed by atoms with Gasteiger partial charge in [-0.15, -0.1) is 0 Å². The van der Waals surface area contributed by atoms with E-state index in [4.69, 9.17) is 0 Å². The monoisotopic (exact) mass is 357 g/mol. The molecule has 1 aliphatic carbocycles. The average Bonchev–Trinajstić information content (AvgIpc) is 3.46. The Kier molecular flexibility index (Phi) is 5.84. The molecule has 1 aromatic carbocycles. The minimum absolute atomic E-state index is 0.0387. The zero-order valence-electron chi connectivity index (χ0n) is 16.2. The normalized spacial score (nSPS) is 19.1. The molecule has 1 aliphatic heterocycles. The Labute approximate surface area is 156 Å². The number of anilines is 1. The van der Waals surface area contributed by atoms with Crippen molar-refractivity contribution in [2.24, 2.45) is 11.8 Å². The fourth-order valence-corrected chi connectivity index (χ4v) is 3.65. The molecule has 2 amide bonds. The topological polar surface area (TPSA) is 52.7 Å². The van der Waals surface area contributed by atoms with Crippen LogP contribution in [0.4, 0.5) is 5.69 Å². The lowest BCUT2D eigenvalue weighted by Crippen LogP contribution is -2.45. The first kappa shape index (κ1) is 18.7. The summed E-state index contributed by atoms with van der Waals surface area (Å²) in [4.78, 5) is 28.7. The van der Waals surface area contributed by atoms with Gasteiger partial charge in [0.25, 0.3) is 0 Å². The van der Waals surface area contributed by atoms with Crippen LogP contribution in [0.3, 0.4) is 0 Å². The van der Waals surface area contributed by atoms with Crippen LogP contribution in [0.25, 0.3) is 0 Å². The first-order valence-electron chi connectivity index (χ1n) is 9.79. The van der Waals surface area contributed by atoms with Gasteiger partial charge in [0.15, 0.2) is 0 Å². The van der Waals surface area contributed by atoms with Crippen molar-refractivity contribution >= 4 is 17.5 Å². The number of nitrogens with zero attached hydrogens (tertiary/aromatic N) is 2. The predicted molar refractivity (Wildman–Crippen MR) is 104 cm³/mol. The fourth-order valence-electron chi connectivity index (χ4n) is 3.65. The van der Waals surface area contributed by atoms with Crippen LogP contribution >= 0.6 is 0 Å². The zero-order chi connectivity index (χ0) is 18.7. The molecule has 0 radical (unpaired) electrons. The van der Waals surface area contributed by atoms with Gasteiger partial charge in [-0.1, -0.05) is 12.1 Å². The van der Waals surface area contributed by atoms with E-state index in [1.165, 1.54) is 11.3 Å². The van der Waals surface area contributed by atoms with Crippen LogP contribution in [0.2, 0.25) is 0 Å². The van der Waals surface area contributed by atoms with Gasteiger partial charge in [0.2, 0.25) is 11.8 Å². The summed E-state index contributed by atoms with van der Waals surface area (Å²) < 4.78 is 0. The summed E-state index contributed by atoms with van der Waals surface area (Å²) in [5, 5.41) is 3.16. The minimum Gasteiger partial charge on any atom is -0.378 e. The molecular formula is C21H31N3O2. The lowest BCUT2D eigenvalue weighted by Gasteiger charge is -2.32. The second kappa shape index (κ2) is 8.11. The SMILES string of the molecule is C[C@H](Cc1ccc(N(C)C)cc1)NC(=O)C1CCN(C(=O)C2CC2)CC1. The first-order chi connectivity index (χ1) is 12.4. The van der Waals surface area contributed by atoms with Crippen molar-refractivity contribution in [2.75, 3.05) is 32.1 Å². The summed E-state index contributed by atoms with van der Waals surface area (Å²) >= 11 is 0. The molecule has 1 atom stereocenters. The molecule has 1 saturated heterocycles. The van der Waals surface area contributed by atoms with Gasteiger partial charge < -0.3 is 15.1 Å². The molecule has 5 nitrogen and oxygen atoms in total. The second-order valence-electron chi connectivity index (χ2n) is 8.05. The molecule has 2 fully saturated rings. The van der Waals surface area contributed by atoms with Gasteiger partial charge in [0.05, 0.1) is 0 Å². The van der Waals surface area contributed by atoms with E-state index in [0.717, 1.165) is 45.2 Å². The van der Waals surface area contributed by atoms with Gasteiger partial charge in [-0.3, -0.25) is 9.59 Å². The summed E-state index contributed by atoms with van der Waals surface area (Å²) in [5.74, 6) is 0.760. The van der Waals surface area contributed by atoms with Crippen LogP contribution in [0, 0.1) is 11.8 Å². The Balaban J connectivity index is 1.43. The highest BCUT2D eigenvalue weighted by Crippen LogP contribution is 2.32. The van der Waals surface area contributed by atoms with Gasteiger partial charge in [-0.25, -0.2) is 0 Å². The molecule has 142 valence electrons. The van der Waals surface area contributed by atoms with Crippen LogP contribution < -0.4 is 10.2 Å². The van der Waals surface area contributed by atoms with E-state index >= 15 is 0 Å². The summed E-state index contributed by atoms with van der Waals surface area (Å²) in [5.41, 5.74) is 2.41. The molecule has 1 saturated carbocycles. The third-order valence-electron chi connectivity index (χ3n) is 5.49. The maximum absolute atomic E-state index is 12.5. The van der Waals surface area contributed by atoms with E-state index in [1.54, 1.807) is 0 Å². The van der Waals surface area contributed by atoms with Crippen molar-refractivity contribution in [3.05, 3.63) is 29.8 Å². The molecular weight excluding hydrogens is 326 g/mol. The zero-order valence-corrected chi connectivity index (χ0v) is 16.2. The lowest BCUT2D eigenvalue weighted by atomic mass is 9.95. The van der Waals surface area contributed by atoms with Crippen molar-refractivity contribution < 1.29 is 9.59 Å². The van der Waals surface area contributed by atoms with E-state index < -0.39 is 0 Å². The molecule has 26 heavy (non-hydrogen) atoms. The van der Waals surface area contributed by atoms with Gasteiger partial charge in [0, 0.05) is 50.7 Å². The number of benzene rings is 1. The Bertz CT molecular complexity index is 629. The summed E-state index contributed by atoms with van der Waals surface area (Å²) in [7, 11) is 4.06. The van der Waals surface area contributed by atoms with Crippen LogP contribution in [0.5, 0.6) is 0 Å². The van der Waals surface area contributed by atoms with E-state index in [1.807, 2.05) is 19.0 Å². The highest BCUT2D eigenvalue weighted by atomic mass is 16.2. The standard InChI is InChI=1S/C21H31N3O2/c1-15(14-16-4-8-19(9-5-16)23(2)3)22-20(25)17-10-12-24(13-11-17)21(26)18-6-7-18/h4-5,8-9,15,17-18H,6-7,10-14H2,1-3H3,(H,22,25)/t15-/m1/s1. The Morgan fingerprint density at radius 2 is 1.69 bits per heavy atom. The van der Waals surface area contributed by atoms with E-state index in [2.05, 4.69) is 41.4 Å².